The van der Waals surface area contributed by atoms with E-state index in [2.05, 4.69) is 17.0 Å². The molecule has 30 heavy (non-hydrogen) atoms. The van der Waals surface area contributed by atoms with E-state index >= 15 is 0 Å². The molecule has 0 aliphatic carbocycles. The second-order valence-corrected chi connectivity index (χ2v) is 7.07. The summed E-state index contributed by atoms with van der Waals surface area (Å²) in [7, 11) is 0. The molecule has 0 bridgehead atoms. The van der Waals surface area contributed by atoms with Crippen LogP contribution in [0.15, 0.2) is 10.1 Å². The van der Waals surface area contributed by atoms with Gasteiger partial charge in [0.15, 0.2) is 0 Å². The van der Waals surface area contributed by atoms with Crippen molar-refractivity contribution in [2.45, 2.75) is 65.2 Å². The Hall–Kier alpha value is -1.35. The number of hydrogen-bond donors (Lipinski definition) is 1. The van der Waals surface area contributed by atoms with Gasteiger partial charge in [-0.25, -0.2) is 0 Å². The molecule has 0 aromatic rings. The number of aliphatic imine (C=N–C) groups is 1. The third-order valence-electron chi connectivity index (χ3n) is 4.27. The van der Waals surface area contributed by atoms with E-state index in [1.165, 1.54) is 32.1 Å². The van der Waals surface area contributed by atoms with Crippen LogP contribution in [0, 0.1) is 0 Å². The third-order valence-corrected chi connectivity index (χ3v) is 4.27. The summed E-state index contributed by atoms with van der Waals surface area (Å²) in [6, 6.07) is 0. The summed E-state index contributed by atoms with van der Waals surface area (Å²) in [6.07, 6.45) is 10.6. The lowest BCUT2D eigenvalue weighted by molar-refractivity contribution is -0.118. The number of nitrogens with two attached hydrogens (primary N) is 1. The van der Waals surface area contributed by atoms with Gasteiger partial charge in [0, 0.05) is 12.6 Å². The summed E-state index contributed by atoms with van der Waals surface area (Å²) in [4.78, 5) is 15.0. The molecule has 0 aliphatic rings. The number of nitrogens with zero attached hydrogens (tertiary/aromatic N) is 2. The Labute approximate surface area is 182 Å². The van der Waals surface area contributed by atoms with Gasteiger partial charge in [-0.3, -0.25) is 9.79 Å². The van der Waals surface area contributed by atoms with Crippen molar-refractivity contribution < 1.29 is 23.7 Å². The number of hydrazone groups is 1. The maximum absolute atomic E-state index is 10.7. The lowest BCUT2D eigenvalue weighted by Gasteiger charge is -2.07. The van der Waals surface area contributed by atoms with Gasteiger partial charge in [0.05, 0.1) is 65.1 Å². The average molecular weight is 430 g/mol. The SMILES string of the molecule is CCCCCCCCC(C=NCCOCCOCCOCCOCCC(C)=O)=NN. The molecule has 0 aromatic carbocycles. The van der Waals surface area contributed by atoms with Crippen LogP contribution in [0.25, 0.3) is 0 Å². The minimum Gasteiger partial charge on any atom is -0.379 e. The quantitative estimate of drug-likeness (QED) is 0.116. The zero-order valence-electron chi connectivity index (χ0n) is 19.1. The number of hydrogen-bond acceptors (Lipinski definition) is 8. The minimum absolute atomic E-state index is 0.135. The van der Waals surface area contributed by atoms with Crippen molar-refractivity contribution in [1.82, 2.24) is 0 Å². The van der Waals surface area contributed by atoms with Gasteiger partial charge in [0.1, 0.15) is 5.78 Å². The lowest BCUT2D eigenvalue weighted by Crippen LogP contribution is -2.13. The summed E-state index contributed by atoms with van der Waals surface area (Å²) in [5.74, 6) is 5.56. The van der Waals surface area contributed by atoms with Crippen LogP contribution in [0.4, 0.5) is 0 Å². The van der Waals surface area contributed by atoms with E-state index in [4.69, 9.17) is 24.8 Å². The highest BCUT2D eigenvalue weighted by molar-refractivity contribution is 6.30. The number of rotatable bonds is 23. The fourth-order valence-corrected chi connectivity index (χ4v) is 2.51. The van der Waals surface area contributed by atoms with Gasteiger partial charge in [0.25, 0.3) is 0 Å². The molecule has 0 rings (SSSR count). The zero-order valence-corrected chi connectivity index (χ0v) is 19.1. The number of carbonyl (C=O) groups excluding carboxylic acids is 1. The normalized spacial score (nSPS) is 12.1. The van der Waals surface area contributed by atoms with E-state index in [9.17, 15) is 4.79 Å². The van der Waals surface area contributed by atoms with Crippen LogP contribution in [-0.4, -0.2) is 77.1 Å². The lowest BCUT2D eigenvalue weighted by atomic mass is 10.1. The highest BCUT2D eigenvalue weighted by Crippen LogP contribution is 2.07. The molecule has 176 valence electrons. The van der Waals surface area contributed by atoms with Crippen molar-refractivity contribution >= 4 is 17.7 Å². The largest absolute Gasteiger partial charge is 0.379 e. The predicted molar refractivity (Wildman–Crippen MR) is 122 cm³/mol. The second-order valence-electron chi connectivity index (χ2n) is 7.07. The van der Waals surface area contributed by atoms with E-state index < -0.39 is 0 Å². The molecule has 0 saturated carbocycles. The highest BCUT2D eigenvalue weighted by Gasteiger charge is 1.97. The van der Waals surface area contributed by atoms with Gasteiger partial charge in [-0.05, 0) is 19.8 Å². The molecule has 0 unspecified atom stereocenters. The Kier molecular flexibility index (Phi) is 22.8. The minimum atomic E-state index is 0.135. The molecule has 0 spiro atoms. The standard InChI is InChI=1S/C22H43N3O5/c1-3-4-5-6-7-8-9-22(25-23)20-24-11-13-28-15-17-30-19-18-29-16-14-27-12-10-21(2)26/h20H,3-19,23H2,1-2H3. The molecular formula is C22H43N3O5. The van der Waals surface area contributed by atoms with E-state index in [-0.39, 0.29) is 5.78 Å². The third kappa shape index (κ3) is 22.9. The molecule has 0 aromatic heterocycles. The maximum Gasteiger partial charge on any atom is 0.132 e. The Bertz CT molecular complexity index is 444. The summed E-state index contributed by atoms with van der Waals surface area (Å²) in [5.41, 5.74) is 0.845. The molecule has 0 radical (unpaired) electrons. The Morgan fingerprint density at radius 3 is 1.87 bits per heavy atom. The number of ketones is 1. The van der Waals surface area contributed by atoms with E-state index in [1.807, 2.05) is 0 Å². The predicted octanol–water partition coefficient (Wildman–Crippen LogP) is 3.17. The van der Waals surface area contributed by atoms with E-state index in [0.29, 0.717) is 65.8 Å². The molecule has 0 fully saturated rings. The zero-order chi connectivity index (χ0) is 22.1. The van der Waals surface area contributed by atoms with Gasteiger partial charge < -0.3 is 24.8 Å². The van der Waals surface area contributed by atoms with Gasteiger partial charge >= 0.3 is 0 Å². The second kappa shape index (κ2) is 23.9. The molecule has 0 amide bonds. The van der Waals surface area contributed by atoms with E-state index in [1.54, 1.807) is 13.1 Å². The maximum atomic E-state index is 10.7. The van der Waals surface area contributed by atoms with Gasteiger partial charge in [-0.15, -0.1) is 0 Å². The van der Waals surface area contributed by atoms with Crippen molar-refractivity contribution in [3.63, 3.8) is 0 Å². The summed E-state index contributed by atoms with van der Waals surface area (Å²) in [6.45, 7) is 8.44. The van der Waals surface area contributed by atoms with Gasteiger partial charge in [-0.2, -0.15) is 5.10 Å². The van der Waals surface area contributed by atoms with Crippen molar-refractivity contribution in [2.75, 3.05) is 59.4 Å². The molecule has 8 nitrogen and oxygen atoms in total. The molecule has 0 aliphatic heterocycles. The van der Waals surface area contributed by atoms with Crippen LogP contribution in [0.5, 0.6) is 0 Å². The monoisotopic (exact) mass is 429 g/mol. The molecule has 0 saturated heterocycles. The van der Waals surface area contributed by atoms with Crippen LogP contribution >= 0.6 is 0 Å². The first kappa shape index (κ1) is 28.6. The smallest absolute Gasteiger partial charge is 0.132 e. The summed E-state index contributed by atoms with van der Waals surface area (Å²) in [5, 5.41) is 3.81. The molecular weight excluding hydrogens is 386 g/mol. The molecule has 8 heteroatoms. The highest BCUT2D eigenvalue weighted by atomic mass is 16.6. The van der Waals surface area contributed by atoms with Crippen molar-refractivity contribution in [3.8, 4) is 0 Å². The van der Waals surface area contributed by atoms with Crippen molar-refractivity contribution in [1.29, 1.82) is 0 Å². The number of ether oxygens (including phenoxy) is 4. The first-order chi connectivity index (χ1) is 14.7. The number of unbranched alkanes of at least 4 members (excludes halogenated alkanes) is 5. The number of carbonyl (C=O) groups is 1. The van der Waals surface area contributed by atoms with Crippen molar-refractivity contribution in [2.24, 2.45) is 15.9 Å². The van der Waals surface area contributed by atoms with Crippen LogP contribution in [0.3, 0.4) is 0 Å². The Balaban J connectivity index is 3.34. The molecule has 2 N–H and O–H groups in total. The first-order valence-corrected chi connectivity index (χ1v) is 11.3. The van der Waals surface area contributed by atoms with Crippen LogP contribution < -0.4 is 5.84 Å². The van der Waals surface area contributed by atoms with Crippen LogP contribution in [0.1, 0.15) is 65.2 Å². The molecule has 0 heterocycles. The van der Waals surface area contributed by atoms with E-state index in [0.717, 1.165) is 18.6 Å². The fourth-order valence-electron chi connectivity index (χ4n) is 2.51. The first-order valence-electron chi connectivity index (χ1n) is 11.3. The average Bonchev–Trinajstić information content (AvgIpc) is 2.74. The van der Waals surface area contributed by atoms with Gasteiger partial charge in [-0.1, -0.05) is 39.0 Å². The topological polar surface area (TPSA) is 105 Å². The molecule has 0 atom stereocenters. The Morgan fingerprint density at radius 2 is 1.30 bits per heavy atom. The van der Waals surface area contributed by atoms with Crippen LogP contribution in [0.2, 0.25) is 0 Å². The van der Waals surface area contributed by atoms with Crippen molar-refractivity contribution in [3.05, 3.63) is 0 Å². The summed E-state index contributed by atoms with van der Waals surface area (Å²) < 4.78 is 21.5. The Morgan fingerprint density at radius 1 is 0.767 bits per heavy atom. The van der Waals surface area contributed by atoms with Crippen LogP contribution in [-0.2, 0) is 23.7 Å². The summed E-state index contributed by atoms with van der Waals surface area (Å²) >= 11 is 0. The van der Waals surface area contributed by atoms with Gasteiger partial charge in [0.2, 0.25) is 0 Å². The number of Topliss-reactive ketones (excluding diaryl/α,β-unsaturated/α-hetero) is 1. The fraction of sp³-hybridized carbons (Fsp3) is 0.864.